The molecule has 0 atom stereocenters. The molecule has 7 nitrogen and oxygen atoms in total. The molecule has 1 fully saturated rings. The lowest BCUT2D eigenvalue weighted by atomic mass is 10.3. The maximum absolute atomic E-state index is 14.3. The molecule has 10 heteroatoms. The molecule has 0 aliphatic carbocycles. The van der Waals surface area contributed by atoms with Crippen LogP contribution in [0.4, 0.5) is 27.5 Å². The van der Waals surface area contributed by atoms with Crippen LogP contribution in [-0.2, 0) is 0 Å². The van der Waals surface area contributed by atoms with Crippen LogP contribution in [0.2, 0.25) is 5.02 Å². The van der Waals surface area contributed by atoms with Crippen LogP contribution in [0.15, 0.2) is 21.4 Å². The summed E-state index contributed by atoms with van der Waals surface area (Å²) in [6, 6.07) is 2.86. The first-order valence-corrected chi connectivity index (χ1v) is 8.57. The molecule has 2 aliphatic rings. The number of aromatic amines is 1. The number of nitrogens with zero attached hydrogens (tertiary/aromatic N) is 3. The number of aromatic nitrogens is 2. The Morgan fingerprint density at radius 2 is 2.00 bits per heavy atom. The maximum atomic E-state index is 14.3. The average molecular weight is 416 g/mol. The van der Waals surface area contributed by atoms with Crippen molar-refractivity contribution in [2.75, 3.05) is 34.0 Å². The van der Waals surface area contributed by atoms with Gasteiger partial charge in [0.25, 0.3) is 5.56 Å². The van der Waals surface area contributed by atoms with Gasteiger partial charge in [0, 0.05) is 17.6 Å². The van der Waals surface area contributed by atoms with Crippen molar-refractivity contribution in [3.8, 4) is 0 Å². The zero-order valence-corrected chi connectivity index (χ0v) is 14.7. The van der Waals surface area contributed by atoms with Gasteiger partial charge in [0.2, 0.25) is 5.95 Å². The quantitative estimate of drug-likeness (QED) is 0.700. The second-order valence-electron chi connectivity index (χ2n) is 5.58. The van der Waals surface area contributed by atoms with Gasteiger partial charge < -0.3 is 4.90 Å². The van der Waals surface area contributed by atoms with Crippen LogP contribution in [0.25, 0.3) is 0 Å². The first-order valence-electron chi connectivity index (χ1n) is 7.40. The summed E-state index contributed by atoms with van der Waals surface area (Å²) in [6.07, 6.45) is 2.14. The van der Waals surface area contributed by atoms with Gasteiger partial charge in [-0.15, -0.1) is 0 Å². The Morgan fingerprint density at radius 3 is 2.71 bits per heavy atom. The highest BCUT2D eigenvalue weighted by Crippen LogP contribution is 2.36. The molecule has 1 saturated heterocycles. The van der Waals surface area contributed by atoms with Gasteiger partial charge in [-0.3, -0.25) is 20.6 Å². The standard InChI is InChI=1S/C14H13BrClFN6O/c15-7-5-8(16)11(9(17)6-7)23-20-10-12(21-23)18-14(19-13(10)24)22-3-1-2-4-22/h5-6,20H,1-4H2,(H2,18,19,21,24). The van der Waals surface area contributed by atoms with E-state index < -0.39 is 5.82 Å². The van der Waals surface area contributed by atoms with Crippen molar-refractivity contribution in [1.82, 2.24) is 9.97 Å². The van der Waals surface area contributed by atoms with Crippen molar-refractivity contribution in [1.29, 1.82) is 0 Å². The molecule has 0 bridgehead atoms. The Morgan fingerprint density at radius 1 is 1.25 bits per heavy atom. The largest absolute Gasteiger partial charge is 0.342 e. The van der Waals surface area contributed by atoms with Crippen molar-refractivity contribution in [2.24, 2.45) is 0 Å². The number of halogens is 3. The molecule has 0 saturated carbocycles. The van der Waals surface area contributed by atoms with Crippen molar-refractivity contribution in [2.45, 2.75) is 12.8 Å². The third-order valence-electron chi connectivity index (χ3n) is 3.96. The molecule has 1 aromatic carbocycles. The van der Waals surface area contributed by atoms with E-state index >= 15 is 0 Å². The van der Waals surface area contributed by atoms with Crippen LogP contribution >= 0.6 is 27.5 Å². The zero-order chi connectivity index (χ0) is 16.8. The van der Waals surface area contributed by atoms with Gasteiger partial charge in [-0.2, -0.15) is 10.1 Å². The predicted molar refractivity (Wildman–Crippen MR) is 95.1 cm³/mol. The maximum Gasteiger partial charge on any atom is 0.279 e. The van der Waals surface area contributed by atoms with E-state index in [0.29, 0.717) is 16.2 Å². The number of H-pyrrole nitrogens is 1. The molecule has 2 aliphatic heterocycles. The van der Waals surface area contributed by atoms with E-state index in [1.165, 1.54) is 11.2 Å². The third kappa shape index (κ3) is 2.57. The van der Waals surface area contributed by atoms with E-state index in [1.54, 1.807) is 6.07 Å². The minimum atomic E-state index is -0.543. The number of hydrazine groups is 2. The number of hydrogen-bond acceptors (Lipinski definition) is 6. The first-order chi connectivity index (χ1) is 11.5. The SMILES string of the molecule is O=c1[nH]c(N2CCCC2)nc2c1NN(c1c(F)cc(Br)cc1Cl)N2. The van der Waals surface area contributed by atoms with E-state index in [9.17, 15) is 9.18 Å². The first kappa shape index (κ1) is 15.5. The van der Waals surface area contributed by atoms with E-state index in [2.05, 4.69) is 36.7 Å². The summed E-state index contributed by atoms with van der Waals surface area (Å²) < 4.78 is 14.8. The molecule has 3 N–H and O–H groups in total. The molecule has 126 valence electrons. The molecule has 0 amide bonds. The normalized spacial score (nSPS) is 16.1. The number of hydrogen-bond donors (Lipinski definition) is 3. The van der Waals surface area contributed by atoms with Crippen molar-refractivity contribution < 1.29 is 4.39 Å². The smallest absolute Gasteiger partial charge is 0.279 e. The monoisotopic (exact) mass is 414 g/mol. The second kappa shape index (κ2) is 5.82. The van der Waals surface area contributed by atoms with Crippen molar-refractivity contribution in [3.05, 3.63) is 37.8 Å². The third-order valence-corrected chi connectivity index (χ3v) is 4.71. The molecule has 0 radical (unpaired) electrons. The Balaban J connectivity index is 1.69. The summed E-state index contributed by atoms with van der Waals surface area (Å²) >= 11 is 9.31. The molecule has 0 unspecified atom stereocenters. The van der Waals surface area contributed by atoms with Crippen LogP contribution in [0.5, 0.6) is 0 Å². The summed E-state index contributed by atoms with van der Waals surface area (Å²) in [7, 11) is 0. The van der Waals surface area contributed by atoms with Gasteiger partial charge in [-0.25, -0.2) is 4.39 Å². The predicted octanol–water partition coefficient (Wildman–Crippen LogP) is 3.10. The van der Waals surface area contributed by atoms with Crippen LogP contribution < -0.4 is 26.4 Å². The van der Waals surface area contributed by atoms with Gasteiger partial charge in [0.05, 0.1) is 5.02 Å². The fourth-order valence-electron chi connectivity index (χ4n) is 2.83. The molecule has 2 aromatic rings. The van der Waals surface area contributed by atoms with Gasteiger partial charge in [-0.1, -0.05) is 27.5 Å². The van der Waals surface area contributed by atoms with Crippen LogP contribution in [-0.4, -0.2) is 23.1 Å². The van der Waals surface area contributed by atoms with Crippen LogP contribution in [0, 0.1) is 5.82 Å². The van der Waals surface area contributed by atoms with Gasteiger partial charge in [0.1, 0.15) is 5.69 Å². The number of benzene rings is 1. The Labute approximate surface area is 149 Å². The lowest BCUT2D eigenvalue weighted by molar-refractivity contribution is 0.625. The summed E-state index contributed by atoms with van der Waals surface area (Å²) in [5.41, 5.74) is 5.65. The Hall–Kier alpha value is -2.00. The van der Waals surface area contributed by atoms with Gasteiger partial charge in [-0.05, 0) is 25.0 Å². The topological polar surface area (TPSA) is 76.3 Å². The number of anilines is 4. The fraction of sp³-hybridized carbons (Fsp3) is 0.286. The summed E-state index contributed by atoms with van der Waals surface area (Å²) in [5, 5.41) is 1.44. The van der Waals surface area contributed by atoms with Gasteiger partial charge >= 0.3 is 0 Å². The minimum Gasteiger partial charge on any atom is -0.342 e. The van der Waals surface area contributed by atoms with Crippen LogP contribution in [0.1, 0.15) is 12.8 Å². The molecule has 3 heterocycles. The second-order valence-corrected chi connectivity index (χ2v) is 6.91. The number of nitrogens with one attached hydrogen (secondary N) is 3. The van der Waals surface area contributed by atoms with Gasteiger partial charge in [0.15, 0.2) is 17.3 Å². The summed E-state index contributed by atoms with van der Waals surface area (Å²) in [4.78, 5) is 21.5. The van der Waals surface area contributed by atoms with Crippen LogP contribution in [0.3, 0.4) is 0 Å². The molecule has 1 aromatic heterocycles. The molecular weight excluding hydrogens is 403 g/mol. The number of fused-ring (bicyclic) bond motifs is 1. The lowest BCUT2D eigenvalue weighted by Crippen LogP contribution is -2.31. The summed E-state index contributed by atoms with van der Waals surface area (Å²) in [6.45, 7) is 1.71. The average Bonchev–Trinajstić information content (AvgIpc) is 3.14. The molecule has 24 heavy (non-hydrogen) atoms. The van der Waals surface area contributed by atoms with Crippen molar-refractivity contribution in [3.63, 3.8) is 0 Å². The highest BCUT2D eigenvalue weighted by atomic mass is 79.9. The van der Waals surface area contributed by atoms with Crippen molar-refractivity contribution >= 4 is 50.7 Å². The lowest BCUT2D eigenvalue weighted by Gasteiger charge is -2.20. The molecule has 0 spiro atoms. The molecule has 4 rings (SSSR count). The van der Waals surface area contributed by atoms with E-state index in [4.69, 9.17) is 11.6 Å². The minimum absolute atomic E-state index is 0.0833. The number of rotatable bonds is 2. The zero-order valence-electron chi connectivity index (χ0n) is 12.4. The Bertz CT molecular complexity index is 846. The fourth-order valence-corrected chi connectivity index (χ4v) is 3.68. The highest BCUT2D eigenvalue weighted by Gasteiger charge is 2.28. The van der Waals surface area contributed by atoms with E-state index in [0.717, 1.165) is 25.9 Å². The highest BCUT2D eigenvalue weighted by molar-refractivity contribution is 9.10. The van der Waals surface area contributed by atoms with E-state index in [-0.39, 0.29) is 22.0 Å². The molecular formula is C14H13BrClFN6O. The summed E-state index contributed by atoms with van der Waals surface area (Å²) in [5.74, 6) is 0.298. The Kier molecular flexibility index (Phi) is 3.76. The van der Waals surface area contributed by atoms with E-state index in [1.807, 2.05) is 4.90 Å².